The fourth-order valence-corrected chi connectivity index (χ4v) is 3.02. The molecule has 0 saturated heterocycles. The number of fused-ring (bicyclic) bond motifs is 1. The van der Waals surface area contributed by atoms with Crippen LogP contribution in [0.2, 0.25) is 0 Å². The number of nitrogens with zero attached hydrogens (tertiary/aromatic N) is 2. The SMILES string of the molecule is CC(N)c1nc2c(c(C3CCCCC3)n1)CCO2. The summed E-state index contributed by atoms with van der Waals surface area (Å²) >= 11 is 0. The zero-order valence-corrected chi connectivity index (χ0v) is 11.0. The maximum absolute atomic E-state index is 5.93. The average Bonchev–Trinajstić information content (AvgIpc) is 2.86. The Bertz CT molecular complexity index is 439. The van der Waals surface area contributed by atoms with Gasteiger partial charge >= 0.3 is 0 Å². The van der Waals surface area contributed by atoms with Crippen LogP contribution >= 0.6 is 0 Å². The minimum absolute atomic E-state index is 0.123. The molecule has 1 unspecified atom stereocenters. The highest BCUT2D eigenvalue weighted by Gasteiger charge is 2.27. The lowest BCUT2D eigenvalue weighted by Gasteiger charge is -2.23. The molecule has 98 valence electrons. The van der Waals surface area contributed by atoms with Crippen molar-refractivity contribution in [1.29, 1.82) is 0 Å². The third kappa shape index (κ3) is 2.09. The van der Waals surface area contributed by atoms with E-state index in [-0.39, 0.29) is 6.04 Å². The Morgan fingerprint density at radius 3 is 2.72 bits per heavy atom. The quantitative estimate of drug-likeness (QED) is 0.872. The zero-order chi connectivity index (χ0) is 12.5. The number of rotatable bonds is 2. The summed E-state index contributed by atoms with van der Waals surface area (Å²) < 4.78 is 5.61. The van der Waals surface area contributed by atoms with Crippen LogP contribution in [0.25, 0.3) is 0 Å². The highest BCUT2D eigenvalue weighted by atomic mass is 16.5. The van der Waals surface area contributed by atoms with E-state index in [0.29, 0.717) is 5.92 Å². The fraction of sp³-hybridized carbons (Fsp3) is 0.714. The van der Waals surface area contributed by atoms with Crippen molar-refractivity contribution in [2.45, 2.75) is 57.4 Å². The van der Waals surface area contributed by atoms with Crippen LogP contribution in [0.4, 0.5) is 0 Å². The van der Waals surface area contributed by atoms with E-state index in [9.17, 15) is 0 Å². The predicted octanol–water partition coefficient (Wildman–Crippen LogP) is 2.48. The largest absolute Gasteiger partial charge is 0.477 e. The van der Waals surface area contributed by atoms with Gasteiger partial charge in [0.1, 0.15) is 5.82 Å². The van der Waals surface area contributed by atoms with Crippen molar-refractivity contribution in [2.75, 3.05) is 6.61 Å². The van der Waals surface area contributed by atoms with Crippen molar-refractivity contribution in [3.63, 3.8) is 0 Å². The molecule has 4 nitrogen and oxygen atoms in total. The molecule has 18 heavy (non-hydrogen) atoms. The summed E-state index contributed by atoms with van der Waals surface area (Å²) in [4.78, 5) is 9.20. The van der Waals surface area contributed by atoms with E-state index in [1.807, 2.05) is 6.92 Å². The molecule has 1 atom stereocenters. The van der Waals surface area contributed by atoms with Crippen LogP contribution in [0, 0.1) is 0 Å². The average molecular weight is 247 g/mol. The molecule has 2 aliphatic rings. The molecule has 1 saturated carbocycles. The maximum atomic E-state index is 5.93. The van der Waals surface area contributed by atoms with Crippen LogP contribution in [0.1, 0.15) is 68.1 Å². The van der Waals surface area contributed by atoms with Crippen LogP contribution < -0.4 is 10.5 Å². The third-order valence-electron chi connectivity index (χ3n) is 4.01. The van der Waals surface area contributed by atoms with Crippen LogP contribution in [0.5, 0.6) is 5.88 Å². The second-order valence-corrected chi connectivity index (χ2v) is 5.47. The summed E-state index contributed by atoms with van der Waals surface area (Å²) in [5.74, 6) is 2.11. The molecule has 1 aromatic rings. The Hall–Kier alpha value is -1.16. The minimum Gasteiger partial charge on any atom is -0.477 e. The Balaban J connectivity index is 2.00. The van der Waals surface area contributed by atoms with Gasteiger partial charge in [0, 0.05) is 17.9 Å². The van der Waals surface area contributed by atoms with E-state index in [1.165, 1.54) is 43.4 Å². The maximum Gasteiger partial charge on any atom is 0.220 e. The van der Waals surface area contributed by atoms with E-state index < -0.39 is 0 Å². The lowest BCUT2D eigenvalue weighted by atomic mass is 9.85. The molecule has 0 amide bonds. The fourth-order valence-electron chi connectivity index (χ4n) is 3.02. The van der Waals surface area contributed by atoms with Gasteiger partial charge in [-0.2, -0.15) is 4.98 Å². The number of hydrogen-bond donors (Lipinski definition) is 1. The number of nitrogens with two attached hydrogens (primary N) is 1. The molecule has 0 radical (unpaired) electrons. The first-order valence-corrected chi connectivity index (χ1v) is 7.05. The molecule has 1 aromatic heterocycles. The van der Waals surface area contributed by atoms with Crippen LogP contribution in [-0.2, 0) is 6.42 Å². The molecule has 4 heteroatoms. The molecule has 2 N–H and O–H groups in total. The first-order valence-electron chi connectivity index (χ1n) is 7.05. The Kier molecular flexibility index (Phi) is 3.20. The van der Waals surface area contributed by atoms with Gasteiger partial charge < -0.3 is 10.5 Å². The van der Waals surface area contributed by atoms with Gasteiger partial charge in [-0.05, 0) is 19.8 Å². The second kappa shape index (κ2) is 4.84. The summed E-state index contributed by atoms with van der Waals surface area (Å²) in [5.41, 5.74) is 8.39. The molecule has 1 aliphatic carbocycles. The van der Waals surface area contributed by atoms with Crippen molar-refractivity contribution in [3.05, 3.63) is 17.1 Å². The molecule has 0 aromatic carbocycles. The first-order chi connectivity index (χ1) is 8.75. The van der Waals surface area contributed by atoms with Crippen LogP contribution in [0.3, 0.4) is 0 Å². The topological polar surface area (TPSA) is 61.0 Å². The van der Waals surface area contributed by atoms with Crippen LogP contribution in [-0.4, -0.2) is 16.6 Å². The zero-order valence-electron chi connectivity index (χ0n) is 11.0. The molecule has 3 rings (SSSR count). The molecular weight excluding hydrogens is 226 g/mol. The van der Waals surface area contributed by atoms with E-state index in [0.717, 1.165) is 24.7 Å². The summed E-state index contributed by atoms with van der Waals surface area (Å²) in [6.45, 7) is 2.67. The number of aromatic nitrogens is 2. The Morgan fingerprint density at radius 2 is 2.00 bits per heavy atom. The lowest BCUT2D eigenvalue weighted by molar-refractivity contribution is 0.342. The van der Waals surface area contributed by atoms with E-state index in [4.69, 9.17) is 15.5 Å². The molecule has 1 fully saturated rings. The summed E-state index contributed by atoms with van der Waals surface area (Å²) in [7, 11) is 0. The highest BCUT2D eigenvalue weighted by molar-refractivity contribution is 5.36. The monoisotopic (exact) mass is 247 g/mol. The molecule has 2 heterocycles. The Morgan fingerprint density at radius 1 is 1.22 bits per heavy atom. The van der Waals surface area contributed by atoms with Crippen molar-refractivity contribution >= 4 is 0 Å². The van der Waals surface area contributed by atoms with Crippen molar-refractivity contribution in [2.24, 2.45) is 5.73 Å². The Labute approximate surface area is 108 Å². The summed E-state index contributed by atoms with van der Waals surface area (Å²) in [5, 5.41) is 0. The van der Waals surface area contributed by atoms with E-state index >= 15 is 0 Å². The summed E-state index contributed by atoms with van der Waals surface area (Å²) in [6.07, 6.45) is 7.46. The highest BCUT2D eigenvalue weighted by Crippen LogP contribution is 2.37. The van der Waals surface area contributed by atoms with Gasteiger partial charge in [-0.3, -0.25) is 0 Å². The van der Waals surface area contributed by atoms with Gasteiger partial charge in [-0.15, -0.1) is 0 Å². The van der Waals surface area contributed by atoms with Gasteiger partial charge in [0.25, 0.3) is 0 Å². The first kappa shape index (κ1) is 11.9. The molecule has 0 spiro atoms. The smallest absolute Gasteiger partial charge is 0.220 e. The normalized spacial score (nSPS) is 21.4. The van der Waals surface area contributed by atoms with Crippen LogP contribution in [0.15, 0.2) is 0 Å². The third-order valence-corrected chi connectivity index (χ3v) is 4.01. The van der Waals surface area contributed by atoms with Crippen molar-refractivity contribution in [3.8, 4) is 5.88 Å². The lowest BCUT2D eigenvalue weighted by Crippen LogP contribution is -2.16. The predicted molar refractivity (Wildman–Crippen MR) is 69.7 cm³/mol. The minimum atomic E-state index is -0.123. The second-order valence-electron chi connectivity index (χ2n) is 5.47. The van der Waals surface area contributed by atoms with Gasteiger partial charge in [0.2, 0.25) is 5.88 Å². The molecule has 0 bridgehead atoms. The van der Waals surface area contributed by atoms with Gasteiger partial charge in [0.05, 0.1) is 18.3 Å². The van der Waals surface area contributed by atoms with Crippen molar-refractivity contribution in [1.82, 2.24) is 9.97 Å². The van der Waals surface area contributed by atoms with Gasteiger partial charge in [-0.1, -0.05) is 19.3 Å². The number of ether oxygens (including phenoxy) is 1. The molecular formula is C14H21N3O. The summed E-state index contributed by atoms with van der Waals surface area (Å²) in [6, 6.07) is -0.123. The number of hydrogen-bond acceptors (Lipinski definition) is 4. The molecule has 1 aliphatic heterocycles. The van der Waals surface area contributed by atoms with Gasteiger partial charge in [0.15, 0.2) is 0 Å². The standard InChI is InChI=1S/C14H21N3O/c1-9(15)13-16-12(10-5-3-2-4-6-10)11-7-8-18-14(11)17-13/h9-10H,2-8,15H2,1H3. The van der Waals surface area contributed by atoms with E-state index in [1.54, 1.807) is 0 Å². The van der Waals surface area contributed by atoms with Crippen molar-refractivity contribution < 1.29 is 4.74 Å². The van der Waals surface area contributed by atoms with Gasteiger partial charge in [-0.25, -0.2) is 4.98 Å². The van der Waals surface area contributed by atoms with E-state index in [2.05, 4.69) is 4.98 Å².